The molecule has 1 saturated heterocycles. The molecule has 1 aliphatic carbocycles. The molecule has 1 aliphatic heterocycles. The van der Waals surface area contributed by atoms with Crippen molar-refractivity contribution in [3.05, 3.63) is 17.8 Å². The first kappa shape index (κ1) is 17.8. The number of nitrogens with zero attached hydrogens (tertiary/aromatic N) is 4. The van der Waals surface area contributed by atoms with Crippen LogP contribution in [-0.2, 0) is 9.59 Å². The van der Waals surface area contributed by atoms with E-state index >= 15 is 0 Å². The maximum absolute atomic E-state index is 12.3. The van der Waals surface area contributed by atoms with Crippen LogP contribution in [0.2, 0.25) is 0 Å². The molecule has 2 N–H and O–H groups in total. The largest absolute Gasteiger partial charge is 0.356 e. The van der Waals surface area contributed by atoms with Gasteiger partial charge in [-0.2, -0.15) is 9.61 Å². The predicted octanol–water partition coefficient (Wildman–Crippen LogP) is 1.74. The van der Waals surface area contributed by atoms with E-state index in [0.717, 1.165) is 49.5 Å². The van der Waals surface area contributed by atoms with E-state index in [0.29, 0.717) is 11.7 Å². The third-order valence-corrected chi connectivity index (χ3v) is 5.45. The summed E-state index contributed by atoms with van der Waals surface area (Å²) >= 11 is 0. The Hall–Kier alpha value is -2.64. The Bertz CT molecular complexity index is 884. The summed E-state index contributed by atoms with van der Waals surface area (Å²) in [6.07, 6.45) is 2.71. The molecule has 0 radical (unpaired) electrons. The van der Waals surface area contributed by atoms with Crippen molar-refractivity contribution in [2.24, 2.45) is 11.8 Å². The maximum atomic E-state index is 12.3. The van der Waals surface area contributed by atoms with Crippen molar-refractivity contribution in [1.82, 2.24) is 19.9 Å². The predicted molar refractivity (Wildman–Crippen MR) is 103 cm³/mol. The Balaban J connectivity index is 1.57. The molecule has 0 spiro atoms. The highest BCUT2D eigenvalue weighted by atomic mass is 16.2. The normalized spacial score (nSPS) is 22.7. The Morgan fingerprint density at radius 3 is 2.56 bits per heavy atom. The summed E-state index contributed by atoms with van der Waals surface area (Å²) in [6, 6.07) is 4.04. The SMILES string of the molecule is CC(=O)NC1CCN(c2cc(NC(=O)[C@@H]3C[C@H]3C)nc3cc(C)nn23)CC1. The molecule has 1 saturated carbocycles. The summed E-state index contributed by atoms with van der Waals surface area (Å²) in [4.78, 5) is 30.4. The van der Waals surface area contributed by atoms with Gasteiger partial charge >= 0.3 is 0 Å². The molecular formula is C19H26N6O2. The van der Waals surface area contributed by atoms with Gasteiger partial charge in [0.25, 0.3) is 0 Å². The van der Waals surface area contributed by atoms with Crippen LogP contribution in [-0.4, -0.2) is 45.5 Å². The molecule has 27 heavy (non-hydrogen) atoms. The summed E-state index contributed by atoms with van der Waals surface area (Å²) in [5.74, 6) is 2.12. The molecule has 0 unspecified atom stereocenters. The lowest BCUT2D eigenvalue weighted by Gasteiger charge is -2.33. The van der Waals surface area contributed by atoms with Crippen LogP contribution in [0, 0.1) is 18.8 Å². The van der Waals surface area contributed by atoms with Gasteiger partial charge in [0.1, 0.15) is 11.6 Å². The molecule has 8 nitrogen and oxygen atoms in total. The quantitative estimate of drug-likeness (QED) is 0.855. The standard InChI is InChI=1S/C19H26N6O2/c1-11-8-15(11)19(27)22-16-10-18(25-17(21-16)9-12(2)23-25)24-6-4-14(5-7-24)20-13(3)26/h9-11,14-15H,4-8H2,1-3H3,(H,20,26)(H,21,22,27)/t11-,15-/m1/s1. The van der Waals surface area contributed by atoms with Crippen molar-refractivity contribution in [1.29, 1.82) is 0 Å². The molecule has 2 aromatic heterocycles. The molecule has 2 fully saturated rings. The minimum absolute atomic E-state index is 0.0155. The molecule has 8 heteroatoms. The average Bonchev–Trinajstić information content (AvgIpc) is 3.22. The van der Waals surface area contributed by atoms with Crippen LogP contribution in [0.1, 0.15) is 38.8 Å². The van der Waals surface area contributed by atoms with E-state index in [-0.39, 0.29) is 23.8 Å². The molecule has 144 valence electrons. The first-order valence-electron chi connectivity index (χ1n) is 9.61. The fraction of sp³-hybridized carbons (Fsp3) is 0.579. The Morgan fingerprint density at radius 2 is 1.93 bits per heavy atom. The van der Waals surface area contributed by atoms with E-state index < -0.39 is 0 Å². The average molecular weight is 370 g/mol. The molecule has 0 aromatic carbocycles. The second kappa shape index (κ2) is 6.83. The number of fused-ring (bicyclic) bond motifs is 1. The summed E-state index contributed by atoms with van der Waals surface area (Å²) in [6.45, 7) is 7.21. The number of amides is 2. The zero-order valence-electron chi connectivity index (χ0n) is 16.0. The van der Waals surface area contributed by atoms with Gasteiger partial charge < -0.3 is 15.5 Å². The lowest BCUT2D eigenvalue weighted by Crippen LogP contribution is -2.44. The molecular weight excluding hydrogens is 344 g/mol. The molecule has 2 amide bonds. The number of hydrogen-bond acceptors (Lipinski definition) is 5. The molecule has 0 bridgehead atoms. The zero-order chi connectivity index (χ0) is 19.1. The van der Waals surface area contributed by atoms with Crippen molar-refractivity contribution in [2.75, 3.05) is 23.3 Å². The minimum atomic E-state index is 0.0155. The number of nitrogens with one attached hydrogen (secondary N) is 2. The lowest BCUT2D eigenvalue weighted by atomic mass is 10.1. The van der Waals surface area contributed by atoms with E-state index in [4.69, 9.17) is 0 Å². The number of aromatic nitrogens is 3. The summed E-state index contributed by atoms with van der Waals surface area (Å²) in [5, 5.41) is 10.5. The summed E-state index contributed by atoms with van der Waals surface area (Å²) < 4.78 is 1.84. The van der Waals surface area contributed by atoms with Crippen LogP contribution in [0.4, 0.5) is 11.6 Å². The highest BCUT2D eigenvalue weighted by molar-refractivity contribution is 5.94. The Kier molecular flexibility index (Phi) is 4.49. The van der Waals surface area contributed by atoms with E-state index in [1.165, 1.54) is 0 Å². The number of anilines is 2. The van der Waals surface area contributed by atoms with Gasteiger partial charge in [0.05, 0.1) is 5.69 Å². The van der Waals surface area contributed by atoms with Crippen LogP contribution >= 0.6 is 0 Å². The van der Waals surface area contributed by atoms with Crippen LogP contribution < -0.4 is 15.5 Å². The van der Waals surface area contributed by atoms with Gasteiger partial charge in [0.2, 0.25) is 11.8 Å². The van der Waals surface area contributed by atoms with E-state index in [9.17, 15) is 9.59 Å². The number of aryl methyl sites for hydroxylation is 1. The summed E-state index contributed by atoms with van der Waals surface area (Å²) in [7, 11) is 0. The van der Waals surface area contributed by atoms with Gasteiger partial charge in [-0.3, -0.25) is 9.59 Å². The number of piperidine rings is 1. The Labute approximate surface area is 158 Å². The topological polar surface area (TPSA) is 91.6 Å². The minimum Gasteiger partial charge on any atom is -0.356 e. The van der Waals surface area contributed by atoms with Crippen molar-refractivity contribution >= 4 is 29.1 Å². The van der Waals surface area contributed by atoms with Gasteiger partial charge in [0, 0.05) is 44.1 Å². The molecule has 3 heterocycles. The number of hydrogen-bond donors (Lipinski definition) is 2. The number of carbonyl (C=O) groups is 2. The van der Waals surface area contributed by atoms with Gasteiger partial charge in [-0.1, -0.05) is 6.92 Å². The van der Waals surface area contributed by atoms with Crippen molar-refractivity contribution in [2.45, 2.75) is 46.1 Å². The van der Waals surface area contributed by atoms with Gasteiger partial charge in [-0.15, -0.1) is 0 Å². The first-order valence-corrected chi connectivity index (χ1v) is 9.61. The van der Waals surface area contributed by atoms with E-state index in [2.05, 4.69) is 32.5 Å². The van der Waals surface area contributed by atoms with Crippen molar-refractivity contribution in [3.63, 3.8) is 0 Å². The van der Waals surface area contributed by atoms with Crippen LogP contribution in [0.15, 0.2) is 12.1 Å². The first-order chi connectivity index (χ1) is 12.9. The van der Waals surface area contributed by atoms with Crippen LogP contribution in [0.5, 0.6) is 0 Å². The second-order valence-corrected chi connectivity index (χ2v) is 7.83. The van der Waals surface area contributed by atoms with Gasteiger partial charge in [0.15, 0.2) is 5.65 Å². The number of carbonyl (C=O) groups excluding carboxylic acids is 2. The Morgan fingerprint density at radius 1 is 1.22 bits per heavy atom. The fourth-order valence-corrected chi connectivity index (χ4v) is 3.81. The molecule has 2 aromatic rings. The van der Waals surface area contributed by atoms with Crippen LogP contribution in [0.3, 0.4) is 0 Å². The monoisotopic (exact) mass is 370 g/mol. The van der Waals surface area contributed by atoms with Crippen LogP contribution in [0.25, 0.3) is 5.65 Å². The highest BCUT2D eigenvalue weighted by Gasteiger charge is 2.39. The molecule has 2 aliphatic rings. The van der Waals surface area contributed by atoms with Gasteiger partial charge in [-0.25, -0.2) is 4.98 Å². The van der Waals surface area contributed by atoms with Crippen molar-refractivity contribution in [3.8, 4) is 0 Å². The van der Waals surface area contributed by atoms with E-state index in [1.54, 1.807) is 6.92 Å². The highest BCUT2D eigenvalue weighted by Crippen LogP contribution is 2.38. The molecule has 4 rings (SSSR count). The third-order valence-electron chi connectivity index (χ3n) is 5.45. The smallest absolute Gasteiger partial charge is 0.228 e. The maximum Gasteiger partial charge on any atom is 0.228 e. The lowest BCUT2D eigenvalue weighted by molar-refractivity contribution is -0.120. The number of rotatable bonds is 4. The fourth-order valence-electron chi connectivity index (χ4n) is 3.81. The summed E-state index contributed by atoms with van der Waals surface area (Å²) in [5.41, 5.74) is 1.62. The zero-order valence-corrected chi connectivity index (χ0v) is 16.0. The molecule has 2 atom stereocenters. The van der Waals surface area contributed by atoms with Gasteiger partial charge in [-0.05, 0) is 32.1 Å². The third kappa shape index (κ3) is 3.74. The van der Waals surface area contributed by atoms with E-state index in [1.807, 2.05) is 23.6 Å². The second-order valence-electron chi connectivity index (χ2n) is 7.83. The van der Waals surface area contributed by atoms with Crippen molar-refractivity contribution < 1.29 is 9.59 Å².